The van der Waals surface area contributed by atoms with Gasteiger partial charge in [0.15, 0.2) is 0 Å². The molecule has 18 heavy (non-hydrogen) atoms. The Morgan fingerprint density at radius 3 is 2.94 bits per heavy atom. The van der Waals surface area contributed by atoms with Crippen molar-refractivity contribution >= 4 is 5.91 Å². The monoisotopic (exact) mass is 251 g/mol. The van der Waals surface area contributed by atoms with Gasteiger partial charge in [-0.2, -0.15) is 0 Å². The number of pyridine rings is 1. The van der Waals surface area contributed by atoms with Gasteiger partial charge in [-0.25, -0.2) is 0 Å². The summed E-state index contributed by atoms with van der Waals surface area (Å²) in [5, 5.41) is 2.80. The van der Waals surface area contributed by atoms with Gasteiger partial charge in [-0.15, -0.1) is 0 Å². The van der Waals surface area contributed by atoms with Crippen LogP contribution in [-0.4, -0.2) is 30.6 Å². The molecule has 3 N–H and O–H groups in total. The van der Waals surface area contributed by atoms with Crippen LogP contribution in [0.15, 0.2) is 18.3 Å². The molecule has 0 spiro atoms. The second-order valence-electron chi connectivity index (χ2n) is 4.27. The van der Waals surface area contributed by atoms with Gasteiger partial charge in [0, 0.05) is 32.2 Å². The van der Waals surface area contributed by atoms with Crippen LogP contribution in [-0.2, 0) is 16.1 Å². The zero-order valence-electron chi connectivity index (χ0n) is 11.0. The zero-order chi connectivity index (χ0) is 13.4. The molecule has 1 heterocycles. The Hall–Kier alpha value is -1.46. The number of nitrogens with two attached hydrogens (primary N) is 1. The molecular formula is C13H21N3O2. The van der Waals surface area contributed by atoms with Gasteiger partial charge >= 0.3 is 0 Å². The van der Waals surface area contributed by atoms with E-state index in [1.807, 2.05) is 19.1 Å². The van der Waals surface area contributed by atoms with E-state index in [0.29, 0.717) is 19.6 Å². The molecule has 0 fully saturated rings. The van der Waals surface area contributed by atoms with Crippen LogP contribution in [0.3, 0.4) is 0 Å². The minimum absolute atomic E-state index is 0.133. The molecule has 0 radical (unpaired) electrons. The Balaban J connectivity index is 2.29. The molecule has 5 nitrogen and oxygen atoms in total. The van der Waals surface area contributed by atoms with Crippen LogP contribution >= 0.6 is 0 Å². The molecule has 1 amide bonds. The summed E-state index contributed by atoms with van der Waals surface area (Å²) in [7, 11) is 1.63. The summed E-state index contributed by atoms with van der Waals surface area (Å²) in [4.78, 5) is 15.8. The molecule has 1 atom stereocenters. The van der Waals surface area contributed by atoms with Gasteiger partial charge in [-0.1, -0.05) is 6.07 Å². The summed E-state index contributed by atoms with van der Waals surface area (Å²) in [6.07, 6.45) is 3.18. The number of nitrogens with one attached hydrogen (secondary N) is 1. The van der Waals surface area contributed by atoms with E-state index >= 15 is 0 Å². The third kappa shape index (κ3) is 5.25. The summed E-state index contributed by atoms with van der Waals surface area (Å²) in [5.74, 6) is -0.133. The Kier molecular flexibility index (Phi) is 6.32. The van der Waals surface area contributed by atoms with Gasteiger partial charge in [-0.3, -0.25) is 9.78 Å². The number of hydrogen-bond acceptors (Lipinski definition) is 4. The SMILES string of the molecule is COCCCC(N)C(=O)NCc1ccc(C)nc1. The Labute approximate surface area is 108 Å². The minimum atomic E-state index is -0.474. The van der Waals surface area contributed by atoms with E-state index in [0.717, 1.165) is 17.7 Å². The normalized spacial score (nSPS) is 12.2. The maximum absolute atomic E-state index is 11.7. The molecule has 5 heteroatoms. The average molecular weight is 251 g/mol. The van der Waals surface area contributed by atoms with Crippen molar-refractivity contribution in [2.24, 2.45) is 5.73 Å². The molecule has 0 aliphatic carbocycles. The number of amides is 1. The number of ether oxygens (including phenoxy) is 1. The van der Waals surface area contributed by atoms with Gasteiger partial charge < -0.3 is 15.8 Å². The van der Waals surface area contributed by atoms with Crippen molar-refractivity contribution in [2.45, 2.75) is 32.4 Å². The van der Waals surface area contributed by atoms with Gasteiger partial charge in [0.2, 0.25) is 5.91 Å². The first-order valence-corrected chi connectivity index (χ1v) is 6.07. The summed E-state index contributed by atoms with van der Waals surface area (Å²) >= 11 is 0. The van der Waals surface area contributed by atoms with Crippen LogP contribution in [0.25, 0.3) is 0 Å². The van der Waals surface area contributed by atoms with E-state index in [4.69, 9.17) is 10.5 Å². The number of carbonyl (C=O) groups excluding carboxylic acids is 1. The molecule has 0 saturated carbocycles. The van der Waals surface area contributed by atoms with Gasteiger partial charge in [0.25, 0.3) is 0 Å². The van der Waals surface area contributed by atoms with Gasteiger partial charge in [0.05, 0.1) is 6.04 Å². The van der Waals surface area contributed by atoms with E-state index in [9.17, 15) is 4.79 Å². The van der Waals surface area contributed by atoms with Crippen LogP contribution in [0.1, 0.15) is 24.1 Å². The van der Waals surface area contributed by atoms with Crippen molar-refractivity contribution in [3.05, 3.63) is 29.6 Å². The number of rotatable bonds is 7. The predicted molar refractivity (Wildman–Crippen MR) is 69.9 cm³/mol. The summed E-state index contributed by atoms with van der Waals surface area (Å²) in [6, 6.07) is 3.39. The first kappa shape index (κ1) is 14.6. The van der Waals surface area contributed by atoms with Crippen molar-refractivity contribution in [3.8, 4) is 0 Å². The fraction of sp³-hybridized carbons (Fsp3) is 0.538. The Morgan fingerprint density at radius 2 is 2.33 bits per heavy atom. The lowest BCUT2D eigenvalue weighted by Gasteiger charge is -2.11. The number of methoxy groups -OCH3 is 1. The van der Waals surface area contributed by atoms with Crippen LogP contribution in [0.4, 0.5) is 0 Å². The fourth-order valence-electron chi connectivity index (χ4n) is 1.50. The lowest BCUT2D eigenvalue weighted by Crippen LogP contribution is -2.40. The quantitative estimate of drug-likeness (QED) is 0.701. The van der Waals surface area contributed by atoms with E-state index in [2.05, 4.69) is 10.3 Å². The van der Waals surface area contributed by atoms with Crippen LogP contribution in [0.2, 0.25) is 0 Å². The van der Waals surface area contributed by atoms with Crippen molar-refractivity contribution < 1.29 is 9.53 Å². The molecule has 0 aliphatic rings. The smallest absolute Gasteiger partial charge is 0.237 e. The highest BCUT2D eigenvalue weighted by molar-refractivity contribution is 5.81. The molecule has 0 bridgehead atoms. The molecule has 100 valence electrons. The molecule has 0 aliphatic heterocycles. The van der Waals surface area contributed by atoms with Crippen LogP contribution < -0.4 is 11.1 Å². The van der Waals surface area contributed by atoms with Crippen LogP contribution in [0.5, 0.6) is 0 Å². The number of hydrogen-bond donors (Lipinski definition) is 2. The first-order chi connectivity index (χ1) is 8.63. The molecule has 1 aromatic rings. The maximum atomic E-state index is 11.7. The highest BCUT2D eigenvalue weighted by Crippen LogP contribution is 2.00. The minimum Gasteiger partial charge on any atom is -0.385 e. The number of aryl methyl sites for hydroxylation is 1. The highest BCUT2D eigenvalue weighted by atomic mass is 16.5. The number of nitrogens with zero attached hydrogens (tertiary/aromatic N) is 1. The highest BCUT2D eigenvalue weighted by Gasteiger charge is 2.12. The van der Waals surface area contributed by atoms with E-state index in [1.54, 1.807) is 13.3 Å². The third-order valence-corrected chi connectivity index (χ3v) is 2.64. The standard InChI is InChI=1S/C13H21N3O2/c1-10-5-6-11(8-15-10)9-16-13(17)12(14)4-3-7-18-2/h5-6,8,12H,3-4,7,9,14H2,1-2H3,(H,16,17). The fourth-order valence-corrected chi connectivity index (χ4v) is 1.50. The molecule has 0 aromatic carbocycles. The summed E-state index contributed by atoms with van der Waals surface area (Å²) in [6.45, 7) is 3.01. The van der Waals surface area contributed by atoms with Gasteiger partial charge in [0.1, 0.15) is 0 Å². The maximum Gasteiger partial charge on any atom is 0.237 e. The average Bonchev–Trinajstić information content (AvgIpc) is 2.38. The molecule has 1 rings (SSSR count). The second kappa shape index (κ2) is 7.79. The second-order valence-corrected chi connectivity index (χ2v) is 4.27. The Bertz CT molecular complexity index is 365. The summed E-state index contributed by atoms with van der Waals surface area (Å²) in [5.41, 5.74) is 7.69. The van der Waals surface area contributed by atoms with Crippen molar-refractivity contribution in [1.29, 1.82) is 0 Å². The van der Waals surface area contributed by atoms with E-state index in [-0.39, 0.29) is 5.91 Å². The molecular weight excluding hydrogens is 230 g/mol. The van der Waals surface area contributed by atoms with Crippen molar-refractivity contribution in [2.75, 3.05) is 13.7 Å². The first-order valence-electron chi connectivity index (χ1n) is 6.07. The van der Waals surface area contributed by atoms with Crippen molar-refractivity contribution in [3.63, 3.8) is 0 Å². The van der Waals surface area contributed by atoms with E-state index in [1.165, 1.54) is 0 Å². The predicted octanol–water partition coefficient (Wildman–Crippen LogP) is 0.760. The molecule has 1 unspecified atom stereocenters. The number of aromatic nitrogens is 1. The zero-order valence-corrected chi connectivity index (χ0v) is 11.0. The lowest BCUT2D eigenvalue weighted by molar-refractivity contribution is -0.122. The number of carbonyl (C=O) groups is 1. The Morgan fingerprint density at radius 1 is 1.56 bits per heavy atom. The topological polar surface area (TPSA) is 77.2 Å². The summed E-state index contributed by atoms with van der Waals surface area (Å²) < 4.78 is 4.92. The molecule has 1 aromatic heterocycles. The largest absolute Gasteiger partial charge is 0.385 e. The van der Waals surface area contributed by atoms with Crippen molar-refractivity contribution in [1.82, 2.24) is 10.3 Å². The third-order valence-electron chi connectivity index (χ3n) is 2.64. The molecule has 0 saturated heterocycles. The van der Waals surface area contributed by atoms with E-state index < -0.39 is 6.04 Å². The van der Waals surface area contributed by atoms with Gasteiger partial charge in [-0.05, 0) is 31.4 Å². The lowest BCUT2D eigenvalue weighted by atomic mass is 10.1. The van der Waals surface area contributed by atoms with Crippen LogP contribution in [0, 0.1) is 6.92 Å².